The third-order valence-corrected chi connectivity index (χ3v) is 3.56. The summed E-state index contributed by atoms with van der Waals surface area (Å²) in [4.78, 5) is 17.1. The van der Waals surface area contributed by atoms with Crippen LogP contribution in [0.15, 0.2) is 36.0 Å². The lowest BCUT2D eigenvalue weighted by Gasteiger charge is -2.13. The minimum atomic E-state index is -0.247. The van der Waals surface area contributed by atoms with E-state index in [1.54, 1.807) is 16.8 Å². The number of anilines is 1. The summed E-state index contributed by atoms with van der Waals surface area (Å²) in [6.45, 7) is 4.53. The van der Waals surface area contributed by atoms with Crippen molar-refractivity contribution in [2.24, 2.45) is 0 Å². The van der Waals surface area contributed by atoms with E-state index in [0.29, 0.717) is 6.54 Å². The van der Waals surface area contributed by atoms with Gasteiger partial charge in [0.1, 0.15) is 0 Å². The van der Waals surface area contributed by atoms with Crippen molar-refractivity contribution < 1.29 is 4.79 Å². The van der Waals surface area contributed by atoms with Gasteiger partial charge in [0.2, 0.25) is 5.91 Å². The van der Waals surface area contributed by atoms with Gasteiger partial charge in [-0.15, -0.1) is 11.3 Å². The molecule has 1 amide bonds. The summed E-state index contributed by atoms with van der Waals surface area (Å²) in [5.41, 5.74) is 3.78. The highest BCUT2D eigenvalue weighted by Gasteiger charge is 2.12. The van der Waals surface area contributed by atoms with Crippen molar-refractivity contribution in [3.8, 4) is 0 Å². The standard InChI is InChI=1S/C14H17N3OS/c1-10-3-5-12(6-4-10)17-14(18)11(2)16-8-13-7-15-9-19-13/h3-7,9,11,16H,8H2,1-2H3,(H,17,18). The number of hydrogen-bond donors (Lipinski definition) is 2. The molecule has 19 heavy (non-hydrogen) atoms. The first kappa shape index (κ1) is 13.7. The van der Waals surface area contributed by atoms with Crippen molar-refractivity contribution in [2.45, 2.75) is 26.4 Å². The highest BCUT2D eigenvalue weighted by Crippen LogP contribution is 2.09. The normalized spacial score (nSPS) is 12.1. The van der Waals surface area contributed by atoms with Gasteiger partial charge in [0.05, 0.1) is 11.6 Å². The van der Waals surface area contributed by atoms with Gasteiger partial charge in [0.25, 0.3) is 0 Å². The number of carbonyl (C=O) groups is 1. The Morgan fingerprint density at radius 2 is 2.11 bits per heavy atom. The number of rotatable bonds is 5. The van der Waals surface area contributed by atoms with Crippen LogP contribution < -0.4 is 10.6 Å². The van der Waals surface area contributed by atoms with E-state index >= 15 is 0 Å². The predicted molar refractivity (Wildman–Crippen MR) is 78.2 cm³/mol. The highest BCUT2D eigenvalue weighted by atomic mass is 32.1. The molecule has 1 heterocycles. The van der Waals surface area contributed by atoms with Crippen LogP contribution in [0.2, 0.25) is 0 Å². The number of amides is 1. The molecule has 0 aliphatic carbocycles. The Balaban J connectivity index is 1.83. The second kappa shape index (κ2) is 6.45. The molecule has 1 aromatic heterocycles. The lowest BCUT2D eigenvalue weighted by Crippen LogP contribution is -2.37. The minimum Gasteiger partial charge on any atom is -0.325 e. The average Bonchev–Trinajstić information content (AvgIpc) is 2.91. The van der Waals surface area contributed by atoms with E-state index in [0.717, 1.165) is 10.6 Å². The van der Waals surface area contributed by atoms with Gasteiger partial charge in [-0.1, -0.05) is 17.7 Å². The summed E-state index contributed by atoms with van der Waals surface area (Å²) in [5, 5.41) is 6.06. The Morgan fingerprint density at radius 3 is 2.74 bits per heavy atom. The number of aromatic nitrogens is 1. The van der Waals surface area contributed by atoms with Crippen molar-refractivity contribution in [1.82, 2.24) is 10.3 Å². The minimum absolute atomic E-state index is 0.0339. The molecule has 0 spiro atoms. The van der Waals surface area contributed by atoms with Gasteiger partial charge >= 0.3 is 0 Å². The van der Waals surface area contributed by atoms with E-state index in [4.69, 9.17) is 0 Å². The summed E-state index contributed by atoms with van der Waals surface area (Å²) in [7, 11) is 0. The maximum atomic E-state index is 12.0. The summed E-state index contributed by atoms with van der Waals surface area (Å²) >= 11 is 1.58. The molecule has 2 aromatic rings. The zero-order chi connectivity index (χ0) is 13.7. The molecule has 0 saturated heterocycles. The van der Waals surface area contributed by atoms with Crippen molar-refractivity contribution in [1.29, 1.82) is 0 Å². The summed E-state index contributed by atoms with van der Waals surface area (Å²) < 4.78 is 0. The molecule has 0 aliphatic rings. The smallest absolute Gasteiger partial charge is 0.241 e. The van der Waals surface area contributed by atoms with Gasteiger partial charge < -0.3 is 10.6 Å². The van der Waals surface area contributed by atoms with Gasteiger partial charge in [-0.05, 0) is 26.0 Å². The monoisotopic (exact) mass is 275 g/mol. The Bertz CT molecular complexity index is 522. The van der Waals surface area contributed by atoms with Crippen LogP contribution in [0.5, 0.6) is 0 Å². The van der Waals surface area contributed by atoms with Gasteiger partial charge in [0, 0.05) is 23.3 Å². The molecule has 5 heteroatoms. The number of benzene rings is 1. The molecular weight excluding hydrogens is 258 g/mol. The molecule has 0 bridgehead atoms. The topological polar surface area (TPSA) is 54.0 Å². The van der Waals surface area contributed by atoms with Crippen molar-refractivity contribution >= 4 is 22.9 Å². The quantitative estimate of drug-likeness (QED) is 0.882. The van der Waals surface area contributed by atoms with Crippen LogP contribution in [-0.2, 0) is 11.3 Å². The summed E-state index contributed by atoms with van der Waals surface area (Å²) in [6, 6.07) is 7.52. The first-order chi connectivity index (χ1) is 9.15. The number of nitrogens with one attached hydrogen (secondary N) is 2. The molecule has 0 aliphatic heterocycles. The molecule has 100 valence electrons. The molecule has 1 aromatic carbocycles. The number of carbonyl (C=O) groups excluding carboxylic acids is 1. The van der Waals surface area contributed by atoms with Gasteiger partial charge in [-0.3, -0.25) is 9.78 Å². The van der Waals surface area contributed by atoms with Crippen LogP contribution in [0, 0.1) is 6.92 Å². The fourth-order valence-electron chi connectivity index (χ4n) is 1.56. The fraction of sp³-hybridized carbons (Fsp3) is 0.286. The fourth-order valence-corrected chi connectivity index (χ4v) is 2.11. The van der Waals surface area contributed by atoms with Crippen molar-refractivity contribution in [3.63, 3.8) is 0 Å². The van der Waals surface area contributed by atoms with E-state index in [1.807, 2.05) is 44.3 Å². The molecule has 2 N–H and O–H groups in total. The molecular formula is C14H17N3OS. The maximum Gasteiger partial charge on any atom is 0.241 e. The summed E-state index contributed by atoms with van der Waals surface area (Å²) in [5.74, 6) is -0.0339. The zero-order valence-corrected chi connectivity index (χ0v) is 11.8. The Labute approximate surface area is 116 Å². The van der Waals surface area contributed by atoms with E-state index < -0.39 is 0 Å². The Kier molecular flexibility index (Phi) is 4.65. The molecule has 2 rings (SSSR count). The lowest BCUT2D eigenvalue weighted by molar-refractivity contribution is -0.117. The molecule has 1 unspecified atom stereocenters. The number of aryl methyl sites for hydroxylation is 1. The third kappa shape index (κ3) is 4.15. The van der Waals surface area contributed by atoms with Gasteiger partial charge in [-0.25, -0.2) is 0 Å². The van der Waals surface area contributed by atoms with Crippen LogP contribution in [0.4, 0.5) is 5.69 Å². The SMILES string of the molecule is Cc1ccc(NC(=O)C(C)NCc2cncs2)cc1. The second-order valence-electron chi connectivity index (χ2n) is 4.43. The maximum absolute atomic E-state index is 12.0. The Hall–Kier alpha value is -1.72. The van der Waals surface area contributed by atoms with Crippen LogP contribution >= 0.6 is 11.3 Å². The van der Waals surface area contributed by atoms with Crippen LogP contribution in [0.1, 0.15) is 17.4 Å². The first-order valence-electron chi connectivity index (χ1n) is 6.13. The van der Waals surface area contributed by atoms with Crippen LogP contribution in [0.25, 0.3) is 0 Å². The first-order valence-corrected chi connectivity index (χ1v) is 7.01. The van der Waals surface area contributed by atoms with Crippen molar-refractivity contribution in [2.75, 3.05) is 5.32 Å². The second-order valence-corrected chi connectivity index (χ2v) is 5.40. The van der Waals surface area contributed by atoms with Crippen LogP contribution in [-0.4, -0.2) is 16.9 Å². The molecule has 0 saturated carbocycles. The largest absolute Gasteiger partial charge is 0.325 e. The molecule has 4 nitrogen and oxygen atoms in total. The van der Waals surface area contributed by atoms with E-state index in [2.05, 4.69) is 15.6 Å². The van der Waals surface area contributed by atoms with E-state index in [1.165, 1.54) is 5.56 Å². The third-order valence-electron chi connectivity index (χ3n) is 2.78. The Morgan fingerprint density at radius 1 is 1.37 bits per heavy atom. The van der Waals surface area contributed by atoms with E-state index in [9.17, 15) is 4.79 Å². The predicted octanol–water partition coefficient (Wildman–Crippen LogP) is 2.57. The summed E-state index contributed by atoms with van der Waals surface area (Å²) in [6.07, 6.45) is 1.81. The van der Waals surface area contributed by atoms with Crippen LogP contribution in [0.3, 0.4) is 0 Å². The number of thiazole rings is 1. The van der Waals surface area contributed by atoms with E-state index in [-0.39, 0.29) is 11.9 Å². The molecule has 0 fully saturated rings. The van der Waals surface area contributed by atoms with Gasteiger partial charge in [-0.2, -0.15) is 0 Å². The molecule has 0 radical (unpaired) electrons. The average molecular weight is 275 g/mol. The molecule has 1 atom stereocenters. The van der Waals surface area contributed by atoms with Crippen molar-refractivity contribution in [3.05, 3.63) is 46.4 Å². The number of nitrogens with zero attached hydrogens (tertiary/aromatic N) is 1. The highest BCUT2D eigenvalue weighted by molar-refractivity contribution is 7.09. The van der Waals surface area contributed by atoms with Gasteiger partial charge in [0.15, 0.2) is 0 Å². The number of hydrogen-bond acceptors (Lipinski definition) is 4. The zero-order valence-electron chi connectivity index (χ0n) is 11.0. The lowest BCUT2D eigenvalue weighted by atomic mass is 10.2.